The molecule has 2 aromatic carbocycles. The van der Waals surface area contributed by atoms with Crippen LogP contribution >= 0.6 is 24.8 Å². The van der Waals surface area contributed by atoms with Gasteiger partial charge in [0, 0.05) is 20.3 Å². The normalized spacial score (nSPS) is 12.1. The van der Waals surface area contributed by atoms with Gasteiger partial charge in [-0.05, 0) is 44.0 Å². The summed E-state index contributed by atoms with van der Waals surface area (Å²) in [6.07, 6.45) is 3.04. The Morgan fingerprint density at radius 1 is 1.05 bits per heavy atom. The molecular weight excluding hydrogens is 583 g/mol. The lowest BCUT2D eigenvalue weighted by molar-refractivity contribution is -0.131. The van der Waals surface area contributed by atoms with Crippen LogP contribution in [0.25, 0.3) is 0 Å². The van der Waals surface area contributed by atoms with Crippen LogP contribution in [0, 0.1) is 0 Å². The number of aromatic nitrogens is 2. The Kier molecular flexibility index (Phi) is 14.5. The molecule has 1 heterocycles. The molecule has 0 aliphatic carbocycles. The number of nitrogens with two attached hydrogens (primary N) is 1. The predicted molar refractivity (Wildman–Crippen MR) is 166 cm³/mol. The van der Waals surface area contributed by atoms with Crippen molar-refractivity contribution in [3.8, 4) is 5.75 Å². The SMILES string of the molecule is CCOc1ccc(C(C(=O)N(C)C)n2cnc(NC(=O)[C@@H](COCc3ccccc3)NC(=O)C(C)(C)N)c2)cc1.Cl.Cl. The summed E-state index contributed by atoms with van der Waals surface area (Å²) in [6.45, 7) is 5.70. The van der Waals surface area contributed by atoms with Gasteiger partial charge in [-0.2, -0.15) is 0 Å². The van der Waals surface area contributed by atoms with Crippen LogP contribution in [0.5, 0.6) is 5.75 Å². The summed E-state index contributed by atoms with van der Waals surface area (Å²) >= 11 is 0. The zero-order valence-electron chi connectivity index (χ0n) is 24.4. The number of benzene rings is 2. The second-order valence-electron chi connectivity index (χ2n) is 10.1. The van der Waals surface area contributed by atoms with E-state index in [4.69, 9.17) is 15.2 Å². The van der Waals surface area contributed by atoms with Crippen LogP contribution in [0.3, 0.4) is 0 Å². The number of nitrogens with one attached hydrogen (secondary N) is 2. The summed E-state index contributed by atoms with van der Waals surface area (Å²) in [4.78, 5) is 44.7. The van der Waals surface area contributed by atoms with Crippen LogP contribution in [0.2, 0.25) is 0 Å². The Morgan fingerprint density at radius 3 is 2.26 bits per heavy atom. The number of hydrogen-bond donors (Lipinski definition) is 3. The molecular formula is C29H40Cl2N6O5. The molecule has 0 aliphatic rings. The number of carbonyl (C=O) groups is 3. The van der Waals surface area contributed by atoms with Gasteiger partial charge >= 0.3 is 0 Å². The lowest BCUT2D eigenvalue weighted by Crippen LogP contribution is -2.56. The number of imidazole rings is 1. The number of halogens is 2. The average molecular weight is 624 g/mol. The first kappa shape index (κ1) is 36.4. The third-order valence-electron chi connectivity index (χ3n) is 5.94. The van der Waals surface area contributed by atoms with Crippen molar-refractivity contribution in [2.75, 3.05) is 32.6 Å². The number of nitrogens with zero attached hydrogens (tertiary/aromatic N) is 3. The third kappa shape index (κ3) is 10.3. The smallest absolute Gasteiger partial charge is 0.250 e. The van der Waals surface area contributed by atoms with Gasteiger partial charge in [0.2, 0.25) is 11.8 Å². The largest absolute Gasteiger partial charge is 0.494 e. The standard InChI is InChI=1S/C29H38N6O5.2ClH/c1-6-40-22-14-12-21(13-15-22)25(27(37)34(4)5)35-16-24(31-19-35)33-26(36)23(32-28(38)29(2,3)30)18-39-17-20-10-8-7-9-11-20;;/h7-16,19,23,25H,6,17-18,30H2,1-5H3,(H,32,38)(H,33,36);2*1H/t23-,25?;;/m1../s1. The molecule has 3 aromatic rings. The molecule has 0 spiro atoms. The van der Waals surface area contributed by atoms with Gasteiger partial charge < -0.3 is 35.3 Å². The predicted octanol–water partition coefficient (Wildman–Crippen LogP) is 3.18. The maximum Gasteiger partial charge on any atom is 0.250 e. The molecule has 0 aliphatic heterocycles. The van der Waals surface area contributed by atoms with E-state index in [1.165, 1.54) is 11.2 Å². The van der Waals surface area contributed by atoms with E-state index in [2.05, 4.69) is 15.6 Å². The van der Waals surface area contributed by atoms with Crippen molar-refractivity contribution in [1.29, 1.82) is 0 Å². The highest BCUT2D eigenvalue weighted by Crippen LogP contribution is 2.24. The van der Waals surface area contributed by atoms with E-state index in [9.17, 15) is 14.4 Å². The quantitative estimate of drug-likeness (QED) is 0.266. The third-order valence-corrected chi connectivity index (χ3v) is 5.94. The zero-order chi connectivity index (χ0) is 29.3. The Hall–Kier alpha value is -3.64. The molecule has 1 aromatic heterocycles. The second kappa shape index (κ2) is 16.7. The van der Waals surface area contributed by atoms with E-state index >= 15 is 0 Å². The van der Waals surface area contributed by atoms with Crippen LogP contribution < -0.4 is 21.1 Å². The minimum atomic E-state index is -1.20. The average Bonchev–Trinajstić information content (AvgIpc) is 3.36. The van der Waals surface area contributed by atoms with Crippen LogP contribution in [0.1, 0.15) is 37.9 Å². The molecule has 1 unspecified atom stereocenters. The maximum atomic E-state index is 13.2. The Labute approximate surface area is 259 Å². The van der Waals surface area contributed by atoms with E-state index in [1.54, 1.807) is 50.8 Å². The first-order chi connectivity index (χ1) is 19.0. The van der Waals surface area contributed by atoms with Crippen LogP contribution in [-0.2, 0) is 25.7 Å². The molecule has 42 heavy (non-hydrogen) atoms. The molecule has 230 valence electrons. The molecule has 3 amide bonds. The fourth-order valence-electron chi connectivity index (χ4n) is 3.75. The number of carbonyl (C=O) groups excluding carboxylic acids is 3. The fourth-order valence-corrected chi connectivity index (χ4v) is 3.75. The van der Waals surface area contributed by atoms with Gasteiger partial charge in [0.25, 0.3) is 5.91 Å². The van der Waals surface area contributed by atoms with E-state index in [-0.39, 0.29) is 49.8 Å². The highest BCUT2D eigenvalue weighted by atomic mass is 35.5. The van der Waals surface area contributed by atoms with Crippen molar-refractivity contribution in [2.24, 2.45) is 5.73 Å². The van der Waals surface area contributed by atoms with E-state index in [0.29, 0.717) is 12.4 Å². The summed E-state index contributed by atoms with van der Waals surface area (Å²) in [5, 5.41) is 5.38. The van der Waals surface area contributed by atoms with Crippen molar-refractivity contribution in [2.45, 2.75) is 45.0 Å². The van der Waals surface area contributed by atoms with Crippen LogP contribution in [0.4, 0.5) is 5.82 Å². The number of likely N-dealkylation sites (N-methyl/N-ethyl adjacent to an activating group) is 1. The Morgan fingerprint density at radius 2 is 1.69 bits per heavy atom. The minimum absolute atomic E-state index is 0. The monoisotopic (exact) mass is 622 g/mol. The highest BCUT2D eigenvalue weighted by Gasteiger charge is 2.29. The van der Waals surface area contributed by atoms with Gasteiger partial charge in [-0.15, -0.1) is 24.8 Å². The Balaban J connectivity index is 0.00000441. The molecule has 0 saturated heterocycles. The van der Waals surface area contributed by atoms with Gasteiger partial charge in [0.1, 0.15) is 17.8 Å². The Bertz CT molecular complexity index is 1280. The van der Waals surface area contributed by atoms with Crippen molar-refractivity contribution >= 4 is 48.4 Å². The molecule has 0 radical (unpaired) electrons. The summed E-state index contributed by atoms with van der Waals surface area (Å²) in [5.74, 6) is -0.309. The lowest BCUT2D eigenvalue weighted by atomic mass is 10.1. The molecule has 0 fully saturated rings. The van der Waals surface area contributed by atoms with E-state index in [0.717, 1.165) is 11.1 Å². The van der Waals surface area contributed by atoms with Gasteiger partial charge in [0.05, 0.1) is 31.7 Å². The zero-order valence-corrected chi connectivity index (χ0v) is 26.0. The summed E-state index contributed by atoms with van der Waals surface area (Å²) in [7, 11) is 3.34. The first-order valence-electron chi connectivity index (χ1n) is 13.0. The van der Waals surface area contributed by atoms with E-state index in [1.807, 2.05) is 49.4 Å². The summed E-state index contributed by atoms with van der Waals surface area (Å²) in [6, 6.07) is 15.0. The molecule has 0 bridgehead atoms. The van der Waals surface area contributed by atoms with E-state index < -0.39 is 29.4 Å². The van der Waals surface area contributed by atoms with Crippen molar-refractivity contribution in [1.82, 2.24) is 19.8 Å². The molecule has 4 N–H and O–H groups in total. The molecule has 0 saturated carbocycles. The van der Waals surface area contributed by atoms with Gasteiger partial charge in [-0.1, -0.05) is 42.5 Å². The highest BCUT2D eigenvalue weighted by molar-refractivity contribution is 5.98. The molecule has 3 rings (SSSR count). The number of ether oxygens (including phenoxy) is 2. The number of hydrogen-bond acceptors (Lipinski definition) is 7. The van der Waals surface area contributed by atoms with Gasteiger partial charge in [0.15, 0.2) is 5.82 Å². The van der Waals surface area contributed by atoms with Crippen molar-refractivity contribution in [3.63, 3.8) is 0 Å². The van der Waals surface area contributed by atoms with Crippen LogP contribution in [0.15, 0.2) is 67.1 Å². The number of anilines is 1. The fraction of sp³-hybridized carbons (Fsp3) is 0.379. The van der Waals surface area contributed by atoms with Gasteiger partial charge in [-0.25, -0.2) is 4.98 Å². The lowest BCUT2D eigenvalue weighted by Gasteiger charge is -2.23. The minimum Gasteiger partial charge on any atom is -0.494 e. The topological polar surface area (TPSA) is 141 Å². The first-order valence-corrected chi connectivity index (χ1v) is 13.0. The van der Waals surface area contributed by atoms with Gasteiger partial charge in [-0.3, -0.25) is 14.4 Å². The van der Waals surface area contributed by atoms with Crippen molar-refractivity contribution in [3.05, 3.63) is 78.2 Å². The molecule has 13 heteroatoms. The molecule has 11 nitrogen and oxygen atoms in total. The second-order valence-corrected chi connectivity index (χ2v) is 10.1. The maximum absolute atomic E-state index is 13.2. The van der Waals surface area contributed by atoms with Crippen LogP contribution in [-0.4, -0.2) is 71.1 Å². The van der Waals surface area contributed by atoms with Crippen molar-refractivity contribution < 1.29 is 23.9 Å². The summed E-state index contributed by atoms with van der Waals surface area (Å²) < 4.78 is 12.9. The molecule has 2 atom stereocenters. The number of rotatable bonds is 13. The summed E-state index contributed by atoms with van der Waals surface area (Å²) in [5.41, 5.74) is 6.38. The number of amides is 3.